The Labute approximate surface area is 125 Å². The molecule has 0 saturated carbocycles. The van der Waals surface area contributed by atoms with Gasteiger partial charge in [-0.2, -0.15) is 0 Å². The van der Waals surface area contributed by atoms with Crippen LogP contribution in [0, 0.1) is 6.92 Å². The van der Waals surface area contributed by atoms with Gasteiger partial charge in [-0.05, 0) is 37.3 Å². The molecule has 0 aliphatic heterocycles. The number of sulfonamides is 1. The predicted octanol–water partition coefficient (Wildman–Crippen LogP) is 2.57. The highest BCUT2D eigenvalue weighted by Crippen LogP contribution is 2.27. The summed E-state index contributed by atoms with van der Waals surface area (Å²) in [6.45, 7) is 2.01. The molecule has 0 aliphatic carbocycles. The van der Waals surface area contributed by atoms with Crippen LogP contribution in [0.3, 0.4) is 0 Å². The van der Waals surface area contributed by atoms with Crippen molar-refractivity contribution in [1.82, 2.24) is 4.31 Å². The minimum absolute atomic E-state index is 0.180. The van der Waals surface area contributed by atoms with Crippen LogP contribution in [0.1, 0.15) is 5.56 Å². The first-order valence-corrected chi connectivity index (χ1v) is 7.90. The quantitative estimate of drug-likeness (QED) is 0.851. The lowest BCUT2D eigenvalue weighted by atomic mass is 10.2. The first-order valence-electron chi connectivity index (χ1n) is 6.46. The lowest BCUT2D eigenvalue weighted by molar-refractivity contribution is 0.521. The molecule has 2 rings (SSSR count). The van der Waals surface area contributed by atoms with Gasteiger partial charge in [-0.25, -0.2) is 12.7 Å². The number of benzene rings is 2. The van der Waals surface area contributed by atoms with E-state index in [0.717, 1.165) is 9.99 Å². The average molecular weight is 305 g/mol. The van der Waals surface area contributed by atoms with Gasteiger partial charge in [-0.1, -0.05) is 17.7 Å². The Hall–Kier alpha value is -2.05. The second kappa shape index (κ2) is 5.75. The Balaban J connectivity index is 2.30. The van der Waals surface area contributed by atoms with Gasteiger partial charge in [0.2, 0.25) is 10.0 Å². The highest BCUT2D eigenvalue weighted by molar-refractivity contribution is 7.89. The highest BCUT2D eigenvalue weighted by Gasteiger charge is 2.18. The van der Waals surface area contributed by atoms with E-state index in [1.807, 2.05) is 31.2 Å². The fraction of sp³-hybridized carbons (Fsp3) is 0.200. The van der Waals surface area contributed by atoms with Crippen LogP contribution in [0.2, 0.25) is 0 Å². The number of hydrogen-bond donors (Lipinski definition) is 2. The molecule has 5 nitrogen and oxygen atoms in total. The maximum Gasteiger partial charge on any atom is 0.242 e. The molecule has 0 aliphatic rings. The van der Waals surface area contributed by atoms with E-state index >= 15 is 0 Å². The fourth-order valence-electron chi connectivity index (χ4n) is 1.82. The second-order valence-electron chi connectivity index (χ2n) is 5.03. The Morgan fingerprint density at radius 2 is 1.67 bits per heavy atom. The molecule has 0 spiro atoms. The third-order valence-corrected chi connectivity index (χ3v) is 4.94. The van der Waals surface area contributed by atoms with E-state index in [-0.39, 0.29) is 4.90 Å². The standard InChI is InChI=1S/C15H19N3O2S/c1-11-4-6-12(7-5-11)17-15-9-8-13(10-14(15)16)21(19,20)18(2)3/h4-10,17H,16H2,1-3H3. The predicted molar refractivity (Wildman–Crippen MR) is 86.2 cm³/mol. The van der Waals surface area contributed by atoms with E-state index in [1.165, 1.54) is 25.7 Å². The van der Waals surface area contributed by atoms with Crippen molar-refractivity contribution in [2.24, 2.45) is 0 Å². The molecule has 0 amide bonds. The lowest BCUT2D eigenvalue weighted by Crippen LogP contribution is -2.22. The van der Waals surface area contributed by atoms with E-state index in [0.29, 0.717) is 11.4 Å². The number of anilines is 3. The maximum absolute atomic E-state index is 12.0. The highest BCUT2D eigenvalue weighted by atomic mass is 32.2. The number of nitrogens with one attached hydrogen (secondary N) is 1. The summed E-state index contributed by atoms with van der Waals surface area (Å²) >= 11 is 0. The van der Waals surface area contributed by atoms with Crippen LogP contribution in [-0.2, 0) is 10.0 Å². The third kappa shape index (κ3) is 3.34. The molecule has 3 N–H and O–H groups in total. The van der Waals surface area contributed by atoms with Gasteiger partial charge in [0.25, 0.3) is 0 Å². The maximum atomic E-state index is 12.0. The van der Waals surface area contributed by atoms with E-state index in [9.17, 15) is 8.42 Å². The zero-order chi connectivity index (χ0) is 15.6. The molecular formula is C15H19N3O2S. The van der Waals surface area contributed by atoms with Gasteiger partial charge in [-0.15, -0.1) is 0 Å². The minimum atomic E-state index is -3.47. The van der Waals surface area contributed by atoms with Crippen LogP contribution < -0.4 is 11.1 Å². The largest absolute Gasteiger partial charge is 0.397 e. The molecule has 0 saturated heterocycles. The fourth-order valence-corrected chi connectivity index (χ4v) is 2.76. The summed E-state index contributed by atoms with van der Waals surface area (Å²) in [4.78, 5) is 0.180. The number of aryl methyl sites for hydroxylation is 1. The molecule has 0 fully saturated rings. The van der Waals surface area contributed by atoms with Gasteiger partial charge >= 0.3 is 0 Å². The molecule has 2 aromatic carbocycles. The molecule has 0 atom stereocenters. The Bertz CT molecular complexity index is 738. The van der Waals surface area contributed by atoms with Gasteiger partial charge < -0.3 is 11.1 Å². The Morgan fingerprint density at radius 1 is 1.05 bits per heavy atom. The number of hydrogen-bond acceptors (Lipinski definition) is 4. The van der Waals surface area contributed by atoms with Gasteiger partial charge in [0.15, 0.2) is 0 Å². The van der Waals surface area contributed by atoms with Crippen molar-refractivity contribution in [1.29, 1.82) is 0 Å². The monoisotopic (exact) mass is 305 g/mol. The van der Waals surface area contributed by atoms with E-state index in [4.69, 9.17) is 5.73 Å². The van der Waals surface area contributed by atoms with Gasteiger partial charge in [0.05, 0.1) is 16.3 Å². The number of nitrogens with two attached hydrogens (primary N) is 1. The number of nitrogens with zero attached hydrogens (tertiary/aromatic N) is 1. The number of rotatable bonds is 4. The molecule has 0 aromatic heterocycles. The van der Waals surface area contributed by atoms with E-state index < -0.39 is 10.0 Å². The molecule has 21 heavy (non-hydrogen) atoms. The van der Waals surface area contributed by atoms with Gasteiger partial charge in [0.1, 0.15) is 0 Å². The minimum Gasteiger partial charge on any atom is -0.397 e. The molecule has 0 radical (unpaired) electrons. The van der Waals surface area contributed by atoms with Gasteiger partial charge in [0, 0.05) is 19.8 Å². The summed E-state index contributed by atoms with van der Waals surface area (Å²) < 4.78 is 25.2. The van der Waals surface area contributed by atoms with Crippen molar-refractivity contribution in [3.05, 3.63) is 48.0 Å². The van der Waals surface area contributed by atoms with Crippen molar-refractivity contribution >= 4 is 27.1 Å². The van der Waals surface area contributed by atoms with Crippen molar-refractivity contribution in [2.45, 2.75) is 11.8 Å². The van der Waals surface area contributed by atoms with Crippen LogP contribution in [-0.4, -0.2) is 26.8 Å². The third-order valence-electron chi connectivity index (χ3n) is 3.13. The van der Waals surface area contributed by atoms with Crippen LogP contribution >= 0.6 is 0 Å². The van der Waals surface area contributed by atoms with Crippen molar-refractivity contribution in [2.75, 3.05) is 25.1 Å². The summed E-state index contributed by atoms with van der Waals surface area (Å²) in [5, 5.41) is 3.17. The van der Waals surface area contributed by atoms with Crippen LogP contribution in [0.5, 0.6) is 0 Å². The first-order chi connectivity index (χ1) is 9.80. The summed E-state index contributed by atoms with van der Waals surface area (Å²) in [6, 6.07) is 12.5. The molecule has 0 heterocycles. The SMILES string of the molecule is Cc1ccc(Nc2ccc(S(=O)(=O)N(C)C)cc2N)cc1. The van der Waals surface area contributed by atoms with Crippen molar-refractivity contribution in [3.63, 3.8) is 0 Å². The zero-order valence-electron chi connectivity index (χ0n) is 12.3. The second-order valence-corrected chi connectivity index (χ2v) is 7.18. The Kier molecular flexibility index (Phi) is 4.20. The number of nitrogen functional groups attached to an aromatic ring is 1. The molecular weight excluding hydrogens is 286 g/mol. The summed E-state index contributed by atoms with van der Waals surface area (Å²) in [5.41, 5.74) is 9.08. The summed E-state index contributed by atoms with van der Waals surface area (Å²) in [5.74, 6) is 0. The molecule has 6 heteroatoms. The van der Waals surface area contributed by atoms with E-state index in [2.05, 4.69) is 5.32 Å². The normalized spacial score (nSPS) is 11.6. The van der Waals surface area contributed by atoms with Crippen LogP contribution in [0.4, 0.5) is 17.1 Å². The lowest BCUT2D eigenvalue weighted by Gasteiger charge is -2.14. The van der Waals surface area contributed by atoms with Crippen molar-refractivity contribution in [3.8, 4) is 0 Å². The van der Waals surface area contributed by atoms with Crippen molar-refractivity contribution < 1.29 is 8.42 Å². The average Bonchev–Trinajstić information content (AvgIpc) is 2.43. The molecule has 0 bridgehead atoms. The molecule has 0 unspecified atom stereocenters. The van der Waals surface area contributed by atoms with Gasteiger partial charge in [-0.3, -0.25) is 0 Å². The Morgan fingerprint density at radius 3 is 2.19 bits per heavy atom. The summed E-state index contributed by atoms with van der Waals surface area (Å²) in [6.07, 6.45) is 0. The van der Waals surface area contributed by atoms with Crippen LogP contribution in [0.25, 0.3) is 0 Å². The van der Waals surface area contributed by atoms with E-state index in [1.54, 1.807) is 12.1 Å². The zero-order valence-corrected chi connectivity index (χ0v) is 13.1. The molecule has 112 valence electrons. The topological polar surface area (TPSA) is 75.4 Å². The summed E-state index contributed by atoms with van der Waals surface area (Å²) in [7, 11) is -0.489. The smallest absolute Gasteiger partial charge is 0.242 e. The first kappa shape index (κ1) is 15.3. The van der Waals surface area contributed by atoms with Crippen LogP contribution in [0.15, 0.2) is 47.4 Å². The molecule has 2 aromatic rings.